The van der Waals surface area contributed by atoms with Gasteiger partial charge in [-0.05, 0) is 19.3 Å². The predicted octanol–water partition coefficient (Wildman–Crippen LogP) is 11.1. The van der Waals surface area contributed by atoms with Gasteiger partial charge in [0.25, 0.3) is 0 Å². The summed E-state index contributed by atoms with van der Waals surface area (Å²) in [5.74, 6) is -0.0643. The number of carbonyl (C=O) groups is 1. The molecule has 2 atom stereocenters. The number of amides is 1. The van der Waals surface area contributed by atoms with Gasteiger partial charge in [0, 0.05) is 6.42 Å². The standard InChI is InChI=1S/C38H75NO3/c1-3-5-7-9-11-13-14-15-16-17-18-19-20-21-22-23-24-25-26-28-30-32-34-38(42)39-36(35-40)37(41)33-31-29-27-12-10-8-6-4-2/h31,33,36-37,40-41H,3-30,32,34-35H2,1-2H3,(H,39,42)/b33-31+. The molecule has 3 N–H and O–H groups in total. The molecular weight excluding hydrogens is 518 g/mol. The third-order valence-electron chi connectivity index (χ3n) is 8.77. The van der Waals surface area contributed by atoms with Crippen molar-refractivity contribution in [2.24, 2.45) is 0 Å². The average molecular weight is 594 g/mol. The van der Waals surface area contributed by atoms with Crippen LogP contribution in [-0.2, 0) is 4.79 Å². The normalized spacial score (nSPS) is 13.1. The molecule has 0 aromatic carbocycles. The van der Waals surface area contributed by atoms with Crippen molar-refractivity contribution in [1.29, 1.82) is 0 Å². The minimum absolute atomic E-state index is 0.0643. The molecule has 0 aromatic rings. The van der Waals surface area contributed by atoms with Gasteiger partial charge in [0.1, 0.15) is 0 Å². The van der Waals surface area contributed by atoms with E-state index in [0.29, 0.717) is 6.42 Å². The zero-order valence-corrected chi connectivity index (χ0v) is 28.5. The van der Waals surface area contributed by atoms with Crippen LogP contribution in [0.3, 0.4) is 0 Å². The number of hydrogen-bond donors (Lipinski definition) is 3. The number of rotatable bonds is 34. The second-order valence-electron chi connectivity index (χ2n) is 13.0. The molecule has 0 fully saturated rings. The van der Waals surface area contributed by atoms with E-state index in [0.717, 1.165) is 25.7 Å². The Bertz CT molecular complexity index is 565. The topological polar surface area (TPSA) is 69.6 Å². The highest BCUT2D eigenvalue weighted by Gasteiger charge is 2.17. The second-order valence-corrected chi connectivity index (χ2v) is 13.0. The maximum Gasteiger partial charge on any atom is 0.220 e. The first kappa shape index (κ1) is 41.1. The lowest BCUT2D eigenvalue weighted by Crippen LogP contribution is -2.45. The quantitative estimate of drug-likeness (QED) is 0.0513. The Morgan fingerprint density at radius 3 is 1.24 bits per heavy atom. The highest BCUT2D eigenvalue weighted by atomic mass is 16.3. The van der Waals surface area contributed by atoms with Gasteiger partial charge in [0.15, 0.2) is 0 Å². The van der Waals surface area contributed by atoms with E-state index in [4.69, 9.17) is 0 Å². The molecule has 4 heteroatoms. The lowest BCUT2D eigenvalue weighted by atomic mass is 10.0. The zero-order valence-electron chi connectivity index (χ0n) is 28.5. The van der Waals surface area contributed by atoms with Crippen molar-refractivity contribution in [2.45, 2.75) is 219 Å². The van der Waals surface area contributed by atoms with Gasteiger partial charge < -0.3 is 15.5 Å². The molecule has 42 heavy (non-hydrogen) atoms. The first-order chi connectivity index (χ1) is 20.7. The van der Waals surface area contributed by atoms with E-state index in [2.05, 4.69) is 19.2 Å². The van der Waals surface area contributed by atoms with E-state index in [9.17, 15) is 15.0 Å². The van der Waals surface area contributed by atoms with Crippen molar-refractivity contribution in [3.63, 3.8) is 0 Å². The molecule has 0 aliphatic rings. The van der Waals surface area contributed by atoms with Gasteiger partial charge in [-0.3, -0.25) is 4.79 Å². The molecule has 0 aliphatic heterocycles. The summed E-state index contributed by atoms with van der Waals surface area (Å²) in [4.78, 5) is 12.3. The summed E-state index contributed by atoms with van der Waals surface area (Å²) >= 11 is 0. The minimum Gasteiger partial charge on any atom is -0.394 e. The molecule has 0 rings (SSSR count). The third kappa shape index (κ3) is 30.6. The maximum atomic E-state index is 12.3. The van der Waals surface area contributed by atoms with E-state index in [1.807, 2.05) is 6.08 Å². The van der Waals surface area contributed by atoms with Crippen molar-refractivity contribution in [3.8, 4) is 0 Å². The fraction of sp³-hybridized carbons (Fsp3) is 0.921. The van der Waals surface area contributed by atoms with Crippen LogP contribution < -0.4 is 5.32 Å². The van der Waals surface area contributed by atoms with Gasteiger partial charge in [0.05, 0.1) is 18.8 Å². The van der Waals surface area contributed by atoms with E-state index in [1.165, 1.54) is 161 Å². The highest BCUT2D eigenvalue weighted by molar-refractivity contribution is 5.76. The average Bonchev–Trinajstić information content (AvgIpc) is 2.99. The Morgan fingerprint density at radius 2 is 0.881 bits per heavy atom. The van der Waals surface area contributed by atoms with Crippen molar-refractivity contribution in [1.82, 2.24) is 5.32 Å². The first-order valence-electron chi connectivity index (χ1n) is 18.9. The van der Waals surface area contributed by atoms with Crippen LogP contribution in [0.2, 0.25) is 0 Å². The summed E-state index contributed by atoms with van der Waals surface area (Å²) in [6.45, 7) is 4.27. The van der Waals surface area contributed by atoms with Crippen LogP contribution >= 0.6 is 0 Å². The van der Waals surface area contributed by atoms with Crippen LogP contribution in [0, 0.1) is 0 Å². The summed E-state index contributed by atoms with van der Waals surface area (Å²) in [5.41, 5.74) is 0. The highest BCUT2D eigenvalue weighted by Crippen LogP contribution is 2.15. The van der Waals surface area contributed by atoms with E-state index in [1.54, 1.807) is 6.08 Å². The lowest BCUT2D eigenvalue weighted by molar-refractivity contribution is -0.123. The van der Waals surface area contributed by atoms with Crippen molar-refractivity contribution < 1.29 is 15.0 Å². The Kier molecular flexibility index (Phi) is 33.9. The molecule has 0 saturated heterocycles. The molecule has 0 spiro atoms. The Hall–Kier alpha value is -0.870. The SMILES string of the molecule is CCCCCCCC/C=C/C(O)C(CO)NC(=O)CCCCCCCCCCCCCCCCCCCCCCCC. The van der Waals surface area contributed by atoms with E-state index < -0.39 is 12.1 Å². The zero-order chi connectivity index (χ0) is 30.8. The number of nitrogens with one attached hydrogen (secondary N) is 1. The summed E-state index contributed by atoms with van der Waals surface area (Å²) < 4.78 is 0. The molecule has 0 bridgehead atoms. The van der Waals surface area contributed by atoms with Crippen molar-refractivity contribution >= 4 is 5.91 Å². The fourth-order valence-electron chi connectivity index (χ4n) is 5.82. The maximum absolute atomic E-state index is 12.3. The van der Waals surface area contributed by atoms with Gasteiger partial charge in [-0.2, -0.15) is 0 Å². The van der Waals surface area contributed by atoms with E-state index >= 15 is 0 Å². The number of aliphatic hydroxyl groups excluding tert-OH is 2. The second kappa shape index (κ2) is 34.6. The molecule has 4 nitrogen and oxygen atoms in total. The molecule has 0 saturated carbocycles. The molecular formula is C38H75NO3. The molecule has 2 unspecified atom stereocenters. The predicted molar refractivity (Wildman–Crippen MR) is 184 cm³/mol. The third-order valence-corrected chi connectivity index (χ3v) is 8.77. The molecule has 0 heterocycles. The lowest BCUT2D eigenvalue weighted by Gasteiger charge is -2.20. The summed E-state index contributed by atoms with van der Waals surface area (Å²) in [5, 5.41) is 22.7. The van der Waals surface area contributed by atoms with Crippen LogP contribution in [0.1, 0.15) is 206 Å². The number of carbonyl (C=O) groups excluding carboxylic acids is 1. The Balaban J connectivity index is 3.46. The summed E-state index contributed by atoms with van der Waals surface area (Å²) in [6.07, 6.45) is 41.7. The van der Waals surface area contributed by atoms with E-state index in [-0.39, 0.29) is 12.5 Å². The van der Waals surface area contributed by atoms with Gasteiger partial charge in [0.2, 0.25) is 5.91 Å². The summed E-state index contributed by atoms with van der Waals surface area (Å²) in [6, 6.07) is -0.613. The monoisotopic (exact) mass is 594 g/mol. The van der Waals surface area contributed by atoms with Crippen molar-refractivity contribution in [2.75, 3.05) is 6.61 Å². The van der Waals surface area contributed by atoms with Gasteiger partial charge in [-0.15, -0.1) is 0 Å². The molecule has 250 valence electrons. The number of aliphatic hydroxyl groups is 2. The van der Waals surface area contributed by atoms with Crippen LogP contribution in [0.4, 0.5) is 0 Å². The largest absolute Gasteiger partial charge is 0.394 e. The van der Waals surface area contributed by atoms with Gasteiger partial charge >= 0.3 is 0 Å². The molecule has 0 aliphatic carbocycles. The number of unbranched alkanes of at least 4 members (excludes halogenated alkanes) is 27. The Labute approximate surface area is 263 Å². The fourth-order valence-corrected chi connectivity index (χ4v) is 5.82. The first-order valence-corrected chi connectivity index (χ1v) is 18.9. The molecule has 0 radical (unpaired) electrons. The molecule has 0 aromatic heterocycles. The van der Waals surface area contributed by atoms with Crippen LogP contribution in [0.25, 0.3) is 0 Å². The van der Waals surface area contributed by atoms with Crippen LogP contribution in [0.5, 0.6) is 0 Å². The van der Waals surface area contributed by atoms with Crippen molar-refractivity contribution in [3.05, 3.63) is 12.2 Å². The molecule has 1 amide bonds. The summed E-state index contributed by atoms with van der Waals surface area (Å²) in [7, 11) is 0. The number of allylic oxidation sites excluding steroid dienone is 1. The van der Waals surface area contributed by atoms with Gasteiger partial charge in [-0.25, -0.2) is 0 Å². The Morgan fingerprint density at radius 1 is 0.548 bits per heavy atom. The van der Waals surface area contributed by atoms with Crippen LogP contribution in [-0.4, -0.2) is 34.9 Å². The van der Waals surface area contributed by atoms with Crippen LogP contribution in [0.15, 0.2) is 12.2 Å². The number of hydrogen-bond acceptors (Lipinski definition) is 3. The smallest absolute Gasteiger partial charge is 0.220 e. The van der Waals surface area contributed by atoms with Gasteiger partial charge in [-0.1, -0.05) is 193 Å². The minimum atomic E-state index is -0.830.